The summed E-state index contributed by atoms with van der Waals surface area (Å²) in [5.74, 6) is -2.33. The number of fused-ring (bicyclic) bond motifs is 6. The molecule has 1 aromatic carbocycles. The van der Waals surface area contributed by atoms with E-state index in [2.05, 4.69) is 22.3 Å². The SMILES string of the molecule is C=CC(=O)N1CCOC2(C1)CN(C(=O)N(C)[C@H](C(=O)N[C@H]1Cc3nc(cs3)-c3ccc4c(c3)c(c(-c3cccnc3[C@H](C)OC)n4CC(F)(F)F)CC(C)(C)COC(=O)[C@@H]3CCCN(N3)C1=O)C(C)C)C2. The van der Waals surface area contributed by atoms with Crippen LogP contribution in [-0.2, 0) is 52.8 Å². The van der Waals surface area contributed by atoms with Crippen LogP contribution >= 0.6 is 11.3 Å². The van der Waals surface area contributed by atoms with Crippen molar-refractivity contribution in [3.8, 4) is 22.5 Å². The minimum atomic E-state index is -4.60. The molecule has 5 amide bonds. The molecule has 6 bridgehead atoms. The Hall–Kier alpha value is -5.90. The lowest BCUT2D eigenvalue weighted by Crippen LogP contribution is -2.73. The number of hydrogen-bond donors (Lipinski definition) is 2. The zero-order valence-corrected chi connectivity index (χ0v) is 42.0. The number of nitrogens with one attached hydrogen (secondary N) is 2. The van der Waals surface area contributed by atoms with Crippen molar-refractivity contribution in [1.29, 1.82) is 0 Å². The van der Waals surface area contributed by atoms with Crippen molar-refractivity contribution in [3.05, 3.63) is 70.8 Å². The molecule has 17 nitrogen and oxygen atoms in total. The van der Waals surface area contributed by atoms with Gasteiger partial charge in [0.25, 0.3) is 5.91 Å². The summed E-state index contributed by atoms with van der Waals surface area (Å²) in [5, 5.41) is 7.10. The third-order valence-electron chi connectivity index (χ3n) is 13.8. The minimum absolute atomic E-state index is 0.0633. The van der Waals surface area contributed by atoms with E-state index in [1.165, 1.54) is 46.0 Å². The van der Waals surface area contributed by atoms with Gasteiger partial charge >= 0.3 is 18.2 Å². The number of alkyl halides is 3. The summed E-state index contributed by atoms with van der Waals surface area (Å²) in [7, 11) is 3.05. The molecule has 4 aromatic rings. The van der Waals surface area contributed by atoms with Gasteiger partial charge in [-0.25, -0.2) is 15.2 Å². The van der Waals surface area contributed by atoms with Crippen molar-refractivity contribution in [3.63, 3.8) is 0 Å². The first-order valence-corrected chi connectivity index (χ1v) is 24.8. The van der Waals surface area contributed by atoms with Gasteiger partial charge in [-0.3, -0.25) is 29.2 Å². The minimum Gasteiger partial charge on any atom is -0.464 e. The highest BCUT2D eigenvalue weighted by Crippen LogP contribution is 2.43. The predicted octanol–water partition coefficient (Wildman–Crippen LogP) is 5.92. The molecule has 4 atom stereocenters. The third-order valence-corrected chi connectivity index (χ3v) is 14.6. The third kappa shape index (κ3) is 10.8. The van der Waals surface area contributed by atoms with Gasteiger partial charge in [0.2, 0.25) is 11.8 Å². The summed E-state index contributed by atoms with van der Waals surface area (Å²) in [5.41, 5.74) is 4.82. The Kier molecular flexibility index (Phi) is 14.7. The van der Waals surface area contributed by atoms with Crippen LogP contribution in [0, 0.1) is 11.3 Å². The van der Waals surface area contributed by atoms with Crippen molar-refractivity contribution in [2.24, 2.45) is 11.3 Å². The number of nitrogens with zero attached hydrogens (tertiary/aromatic N) is 7. The fraction of sp³-hybridized carbons (Fsp3) is 0.540. The number of aromatic nitrogens is 3. The van der Waals surface area contributed by atoms with Gasteiger partial charge in [0.05, 0.1) is 61.0 Å². The molecule has 4 aliphatic heterocycles. The molecule has 0 radical (unpaired) electrons. The van der Waals surface area contributed by atoms with Crippen molar-refractivity contribution < 1.29 is 51.4 Å². The molecule has 0 aliphatic carbocycles. The highest BCUT2D eigenvalue weighted by atomic mass is 32.1. The first-order valence-electron chi connectivity index (χ1n) is 23.9. The number of likely N-dealkylation sites (tertiary alicyclic amines) is 1. The quantitative estimate of drug-likeness (QED) is 0.150. The van der Waals surface area contributed by atoms with E-state index < -0.39 is 77.7 Å². The Bertz CT molecular complexity index is 2700. The monoisotopic (exact) mass is 1010 g/mol. The number of urea groups is 1. The van der Waals surface area contributed by atoms with Crippen LogP contribution in [0.5, 0.6) is 0 Å². The van der Waals surface area contributed by atoms with Crippen LogP contribution in [-0.4, -0.2) is 154 Å². The van der Waals surface area contributed by atoms with Gasteiger partial charge in [-0.2, -0.15) is 13.2 Å². The zero-order valence-electron chi connectivity index (χ0n) is 41.1. The summed E-state index contributed by atoms with van der Waals surface area (Å²) in [6, 6.07) is 5.04. The number of rotatable bonds is 9. The van der Waals surface area contributed by atoms with E-state index in [-0.39, 0.29) is 45.0 Å². The summed E-state index contributed by atoms with van der Waals surface area (Å²) < 4.78 is 63.0. The van der Waals surface area contributed by atoms with E-state index in [0.717, 1.165) is 0 Å². The number of hydrogen-bond acceptors (Lipinski definition) is 12. The number of amides is 5. The number of ether oxygens (including phenoxy) is 3. The normalized spacial score (nSPS) is 21.3. The zero-order chi connectivity index (χ0) is 51.2. The van der Waals surface area contributed by atoms with E-state index in [1.54, 1.807) is 66.4 Å². The molecule has 1 spiro atoms. The average Bonchev–Trinajstić information content (AvgIpc) is 3.91. The van der Waals surface area contributed by atoms with Crippen LogP contribution in [0.3, 0.4) is 0 Å². The lowest BCUT2D eigenvalue weighted by molar-refractivity contribution is -0.178. The van der Waals surface area contributed by atoms with Gasteiger partial charge in [-0.05, 0) is 68.0 Å². The molecule has 382 valence electrons. The highest BCUT2D eigenvalue weighted by molar-refractivity contribution is 7.10. The Labute approximate surface area is 414 Å². The van der Waals surface area contributed by atoms with Crippen molar-refractivity contribution >= 4 is 52.0 Å². The maximum atomic E-state index is 14.7. The van der Waals surface area contributed by atoms with E-state index in [1.807, 2.05) is 19.9 Å². The van der Waals surface area contributed by atoms with Crippen LogP contribution in [0.15, 0.2) is 54.6 Å². The number of pyridine rings is 1. The Morgan fingerprint density at radius 3 is 2.56 bits per heavy atom. The molecule has 2 N–H and O–H groups in total. The first-order chi connectivity index (χ1) is 33.6. The van der Waals surface area contributed by atoms with Crippen molar-refractivity contribution in [1.82, 2.24) is 45.0 Å². The second kappa shape index (κ2) is 20.3. The summed E-state index contributed by atoms with van der Waals surface area (Å²) in [4.78, 5) is 83.6. The lowest BCUT2D eigenvalue weighted by atomic mass is 9.84. The van der Waals surface area contributed by atoms with Crippen LogP contribution in [0.2, 0.25) is 0 Å². The average molecular weight is 1010 g/mol. The topological polar surface area (TPSA) is 181 Å². The highest BCUT2D eigenvalue weighted by Gasteiger charge is 2.51. The molecular formula is C50H62F3N9O8S. The van der Waals surface area contributed by atoms with Crippen molar-refractivity contribution in [2.75, 3.05) is 60.1 Å². The number of hydrazine groups is 1. The van der Waals surface area contributed by atoms with E-state index in [4.69, 9.17) is 19.2 Å². The van der Waals surface area contributed by atoms with Gasteiger partial charge < -0.3 is 38.8 Å². The molecule has 3 saturated heterocycles. The van der Waals surface area contributed by atoms with E-state index in [9.17, 15) is 37.1 Å². The number of carbonyl (C=O) groups is 5. The van der Waals surface area contributed by atoms with Gasteiger partial charge in [-0.1, -0.05) is 40.3 Å². The molecule has 21 heteroatoms. The molecule has 7 heterocycles. The van der Waals surface area contributed by atoms with Gasteiger partial charge in [0.15, 0.2) is 0 Å². The number of morpholine rings is 1. The number of likely N-dealkylation sites (N-methyl/N-ethyl adjacent to an activating group) is 1. The summed E-state index contributed by atoms with van der Waals surface area (Å²) in [6.45, 7) is 13.0. The second-order valence-electron chi connectivity index (χ2n) is 20.2. The van der Waals surface area contributed by atoms with E-state index >= 15 is 0 Å². The molecule has 0 saturated carbocycles. The van der Waals surface area contributed by atoms with E-state index in [0.29, 0.717) is 82.2 Å². The summed E-state index contributed by atoms with van der Waals surface area (Å²) in [6.07, 6.45) is -1.41. The lowest BCUT2D eigenvalue weighted by Gasteiger charge is -2.54. The molecule has 0 unspecified atom stereocenters. The first kappa shape index (κ1) is 51.5. The van der Waals surface area contributed by atoms with Crippen LogP contribution in [0.4, 0.5) is 18.0 Å². The molecule has 3 fully saturated rings. The van der Waals surface area contributed by atoms with Gasteiger partial charge in [0, 0.05) is 72.7 Å². The molecule has 4 aliphatic rings. The second-order valence-corrected chi connectivity index (χ2v) is 21.1. The number of thiazole rings is 1. The number of carbonyl (C=O) groups excluding carboxylic acids is 5. The molecule has 3 aromatic heterocycles. The molecule has 71 heavy (non-hydrogen) atoms. The van der Waals surface area contributed by atoms with Gasteiger partial charge in [-0.15, -0.1) is 11.3 Å². The largest absolute Gasteiger partial charge is 0.464 e. The Morgan fingerprint density at radius 2 is 1.86 bits per heavy atom. The standard InChI is InChI=1S/C50H62F3N9O8S/c1-9-40(63)59-18-19-70-49(24-59)25-60(26-49)47(67)58(7)42(29(2)3)44(64)56-36-21-39-55-37(23-71-39)31-14-15-38-33(20-31)34(22-48(5,6)28-69-46(66)35-13-11-17-62(57-35)45(36)65)43(61(38)27-50(51,52)53)32-12-10-16-54-41(32)30(4)68-8/h9-10,12,14-16,20,23,29-30,35-36,42,57H,1,11,13,17-19,21-22,24-28H2,2-8H3,(H,56,64)/t30-,35-,36-,42-/m0/s1. The number of esters is 1. The Morgan fingerprint density at radius 1 is 1.11 bits per heavy atom. The van der Waals surface area contributed by atoms with Crippen LogP contribution < -0.4 is 10.7 Å². The number of methoxy groups -OCH3 is 1. The molecular weight excluding hydrogens is 944 g/mol. The number of benzene rings is 1. The van der Waals surface area contributed by atoms with Crippen molar-refractivity contribution in [2.45, 2.75) is 103 Å². The smallest absolute Gasteiger partial charge is 0.406 e. The fourth-order valence-corrected chi connectivity index (χ4v) is 11.1. The predicted molar refractivity (Wildman–Crippen MR) is 259 cm³/mol. The number of halogens is 3. The maximum Gasteiger partial charge on any atom is 0.406 e. The Balaban J connectivity index is 1.14. The maximum absolute atomic E-state index is 14.7. The fourth-order valence-electron chi connectivity index (χ4n) is 10.2. The summed E-state index contributed by atoms with van der Waals surface area (Å²) >= 11 is 1.26. The van der Waals surface area contributed by atoms with Crippen LogP contribution in [0.25, 0.3) is 33.4 Å². The van der Waals surface area contributed by atoms with Crippen LogP contribution in [0.1, 0.15) is 69.8 Å². The molecule has 8 rings (SSSR count). The number of cyclic esters (lactones) is 1. The van der Waals surface area contributed by atoms with Gasteiger partial charge in [0.1, 0.15) is 30.3 Å².